The van der Waals surface area contributed by atoms with Gasteiger partial charge in [0.1, 0.15) is 10.2 Å². The second-order valence-corrected chi connectivity index (χ2v) is 4.96. The summed E-state index contributed by atoms with van der Waals surface area (Å²) in [5.74, 6) is 0.905. The zero-order chi connectivity index (χ0) is 13.2. The van der Waals surface area contributed by atoms with E-state index < -0.39 is 0 Å². The molecular weight excluding hydrogens is 271 g/mol. The van der Waals surface area contributed by atoms with Gasteiger partial charge in [-0.25, -0.2) is 0 Å². The monoisotopic (exact) mass is 288 g/mol. The third kappa shape index (κ3) is 7.59. The maximum absolute atomic E-state index is 5.75. The maximum Gasteiger partial charge on any atom is 0.119 e. The van der Waals surface area contributed by atoms with Crippen LogP contribution in [0.1, 0.15) is 19.8 Å². The van der Waals surface area contributed by atoms with Crippen molar-refractivity contribution < 1.29 is 9.47 Å². The zero-order valence-corrected chi connectivity index (χ0v) is 12.0. The van der Waals surface area contributed by atoms with Crippen molar-refractivity contribution in [3.8, 4) is 5.75 Å². The Morgan fingerprint density at radius 1 is 1.28 bits per heavy atom. The lowest BCUT2D eigenvalue weighted by molar-refractivity contribution is 0.138. The molecule has 100 valence electrons. The molecule has 2 nitrogen and oxygen atoms in total. The van der Waals surface area contributed by atoms with E-state index in [4.69, 9.17) is 32.7 Å². The van der Waals surface area contributed by atoms with Crippen LogP contribution in [0.5, 0.6) is 5.75 Å². The molecule has 0 bridgehead atoms. The van der Waals surface area contributed by atoms with E-state index in [9.17, 15) is 0 Å². The molecular formula is C14H18Cl2O2. The summed E-state index contributed by atoms with van der Waals surface area (Å²) in [5, 5.41) is 0. The third-order valence-electron chi connectivity index (χ3n) is 2.34. The highest BCUT2D eigenvalue weighted by Gasteiger charge is 2.03. The fourth-order valence-corrected chi connectivity index (χ4v) is 1.59. The summed E-state index contributed by atoms with van der Waals surface area (Å²) < 4.78 is 11.3. The quantitative estimate of drug-likeness (QED) is 0.653. The first-order valence-electron chi connectivity index (χ1n) is 5.99. The number of para-hydroxylation sites is 1. The van der Waals surface area contributed by atoms with Crippen LogP contribution >= 0.6 is 23.2 Å². The first kappa shape index (κ1) is 15.4. The van der Waals surface area contributed by atoms with Crippen LogP contribution in [0.2, 0.25) is 0 Å². The van der Waals surface area contributed by atoms with Gasteiger partial charge in [-0.3, -0.25) is 0 Å². The van der Waals surface area contributed by atoms with Gasteiger partial charge in [-0.15, -0.1) is 0 Å². The fraction of sp³-hybridized carbons (Fsp3) is 0.429. The summed E-state index contributed by atoms with van der Waals surface area (Å²) in [7, 11) is 0. The molecule has 1 aromatic carbocycles. The Kier molecular flexibility index (Phi) is 7.90. The largest absolute Gasteiger partial charge is 0.491 e. The number of ether oxygens (including phenoxy) is 2. The highest BCUT2D eigenvalue weighted by atomic mass is 35.5. The molecule has 0 fully saturated rings. The van der Waals surface area contributed by atoms with Gasteiger partial charge in [0.25, 0.3) is 0 Å². The van der Waals surface area contributed by atoms with Crippen LogP contribution in [0, 0.1) is 0 Å². The minimum atomic E-state index is 0.183. The van der Waals surface area contributed by atoms with Crippen LogP contribution < -0.4 is 4.74 Å². The maximum atomic E-state index is 5.75. The van der Waals surface area contributed by atoms with Crippen LogP contribution in [-0.4, -0.2) is 19.3 Å². The van der Waals surface area contributed by atoms with Crippen LogP contribution in [0.4, 0.5) is 0 Å². The molecule has 0 heterocycles. The molecule has 1 rings (SSSR count). The molecule has 18 heavy (non-hydrogen) atoms. The van der Waals surface area contributed by atoms with Crippen molar-refractivity contribution in [3.63, 3.8) is 0 Å². The van der Waals surface area contributed by atoms with E-state index in [-0.39, 0.29) is 10.6 Å². The summed E-state index contributed by atoms with van der Waals surface area (Å²) in [6.45, 7) is 3.19. The van der Waals surface area contributed by atoms with Crippen molar-refractivity contribution >= 4 is 23.2 Å². The SMILES string of the molecule is CC(CCCOCC=C(Cl)Cl)Oc1ccccc1. The van der Waals surface area contributed by atoms with Crippen molar-refractivity contribution in [2.75, 3.05) is 13.2 Å². The molecule has 0 aliphatic carbocycles. The number of hydrogen-bond donors (Lipinski definition) is 0. The third-order valence-corrected chi connectivity index (χ3v) is 2.64. The first-order valence-corrected chi connectivity index (χ1v) is 6.74. The second-order valence-electron chi connectivity index (χ2n) is 3.95. The van der Waals surface area contributed by atoms with E-state index in [1.54, 1.807) is 6.08 Å². The molecule has 0 N–H and O–H groups in total. The van der Waals surface area contributed by atoms with Crippen molar-refractivity contribution in [3.05, 3.63) is 40.9 Å². The highest BCUT2D eigenvalue weighted by molar-refractivity contribution is 6.55. The Bertz CT molecular complexity index is 348. The van der Waals surface area contributed by atoms with Gasteiger partial charge in [0, 0.05) is 6.61 Å². The average Bonchev–Trinajstić information content (AvgIpc) is 2.34. The van der Waals surface area contributed by atoms with Crippen LogP contribution in [0.25, 0.3) is 0 Å². The Balaban J connectivity index is 2.07. The van der Waals surface area contributed by atoms with Crippen molar-refractivity contribution in [1.29, 1.82) is 0 Å². The van der Waals surface area contributed by atoms with E-state index >= 15 is 0 Å². The van der Waals surface area contributed by atoms with E-state index in [0.29, 0.717) is 13.2 Å². The summed E-state index contributed by atoms with van der Waals surface area (Å²) in [6, 6.07) is 9.82. The fourth-order valence-electron chi connectivity index (χ4n) is 1.47. The van der Waals surface area contributed by atoms with Crippen LogP contribution in [0.3, 0.4) is 0 Å². The van der Waals surface area contributed by atoms with Gasteiger partial charge < -0.3 is 9.47 Å². The van der Waals surface area contributed by atoms with Crippen LogP contribution in [0.15, 0.2) is 40.9 Å². The molecule has 0 amide bonds. The van der Waals surface area contributed by atoms with Crippen molar-refractivity contribution in [2.45, 2.75) is 25.9 Å². The molecule has 4 heteroatoms. The number of hydrogen-bond acceptors (Lipinski definition) is 2. The smallest absolute Gasteiger partial charge is 0.119 e. The Labute approximate surface area is 118 Å². The first-order chi connectivity index (χ1) is 8.68. The Morgan fingerprint density at radius 3 is 2.67 bits per heavy atom. The van der Waals surface area contributed by atoms with Crippen molar-refractivity contribution in [2.24, 2.45) is 0 Å². The minimum Gasteiger partial charge on any atom is -0.491 e. The van der Waals surface area contributed by atoms with Crippen molar-refractivity contribution in [1.82, 2.24) is 0 Å². The molecule has 1 atom stereocenters. The molecule has 0 aliphatic heterocycles. The molecule has 0 saturated carbocycles. The van der Waals surface area contributed by atoms with E-state index in [1.807, 2.05) is 30.3 Å². The average molecular weight is 289 g/mol. The number of halogens is 2. The normalized spacial score (nSPS) is 11.9. The summed E-state index contributed by atoms with van der Waals surface area (Å²) >= 11 is 10.9. The minimum absolute atomic E-state index is 0.183. The molecule has 1 aromatic rings. The van der Waals surface area contributed by atoms with Gasteiger partial charge in [0.15, 0.2) is 0 Å². The van der Waals surface area contributed by atoms with Gasteiger partial charge in [0.05, 0.1) is 12.7 Å². The van der Waals surface area contributed by atoms with E-state index in [1.165, 1.54) is 0 Å². The van der Waals surface area contributed by atoms with Gasteiger partial charge in [-0.05, 0) is 38.0 Å². The zero-order valence-electron chi connectivity index (χ0n) is 10.4. The van der Waals surface area contributed by atoms with E-state index in [2.05, 4.69) is 6.92 Å². The van der Waals surface area contributed by atoms with Gasteiger partial charge in [-0.2, -0.15) is 0 Å². The van der Waals surface area contributed by atoms with Gasteiger partial charge in [-0.1, -0.05) is 41.4 Å². The lowest BCUT2D eigenvalue weighted by atomic mass is 10.2. The van der Waals surface area contributed by atoms with Crippen LogP contribution in [-0.2, 0) is 4.74 Å². The standard InChI is InChI=1S/C14H18Cl2O2/c1-12(18-13-7-3-2-4-8-13)6-5-10-17-11-9-14(15)16/h2-4,7-9,12H,5-6,10-11H2,1H3. The number of rotatable bonds is 8. The lowest BCUT2D eigenvalue weighted by Crippen LogP contribution is -2.12. The Hall–Kier alpha value is -0.700. The van der Waals surface area contributed by atoms with E-state index in [0.717, 1.165) is 18.6 Å². The summed E-state index contributed by atoms with van der Waals surface area (Å²) in [5.41, 5.74) is 0. The molecule has 0 aromatic heterocycles. The summed E-state index contributed by atoms with van der Waals surface area (Å²) in [4.78, 5) is 0. The second kappa shape index (κ2) is 9.26. The molecule has 0 aliphatic rings. The lowest BCUT2D eigenvalue weighted by Gasteiger charge is -2.14. The predicted octanol–water partition coefficient (Wildman–Crippen LogP) is 4.57. The highest BCUT2D eigenvalue weighted by Crippen LogP contribution is 2.13. The molecule has 0 radical (unpaired) electrons. The molecule has 0 spiro atoms. The molecule has 1 unspecified atom stereocenters. The van der Waals surface area contributed by atoms with Gasteiger partial charge >= 0.3 is 0 Å². The predicted molar refractivity (Wildman–Crippen MR) is 76.4 cm³/mol. The molecule has 0 saturated heterocycles. The van der Waals surface area contributed by atoms with Gasteiger partial charge in [0.2, 0.25) is 0 Å². The Morgan fingerprint density at radius 2 is 2.00 bits per heavy atom. The number of benzene rings is 1. The topological polar surface area (TPSA) is 18.5 Å². The summed E-state index contributed by atoms with van der Waals surface area (Å²) in [6.07, 6.45) is 3.71.